The third-order valence-electron chi connectivity index (χ3n) is 5.00. The zero-order chi connectivity index (χ0) is 22.9. The number of halogens is 2. The first-order valence-corrected chi connectivity index (χ1v) is 9.94. The molecule has 3 aromatic rings. The van der Waals surface area contributed by atoms with Gasteiger partial charge < -0.3 is 15.2 Å². The van der Waals surface area contributed by atoms with E-state index in [1.165, 1.54) is 23.8 Å². The molecule has 9 heteroatoms. The van der Waals surface area contributed by atoms with Gasteiger partial charge in [-0.05, 0) is 37.5 Å². The van der Waals surface area contributed by atoms with Crippen molar-refractivity contribution in [1.82, 2.24) is 14.5 Å². The van der Waals surface area contributed by atoms with Crippen LogP contribution in [0.1, 0.15) is 34.6 Å². The summed E-state index contributed by atoms with van der Waals surface area (Å²) in [5, 5.41) is 13.6. The van der Waals surface area contributed by atoms with Crippen molar-refractivity contribution in [3.8, 4) is 11.5 Å². The number of hydrogen-bond acceptors (Lipinski definition) is 6. The monoisotopic (exact) mass is 432 g/mol. The van der Waals surface area contributed by atoms with Crippen LogP contribution in [-0.2, 0) is 6.54 Å². The number of aliphatic hydroxyl groups is 1. The summed E-state index contributed by atoms with van der Waals surface area (Å²) in [6, 6.07) is 4.25. The Morgan fingerprint density at radius 1 is 1.19 bits per heavy atom. The average molecular weight is 432 g/mol. The number of nitrogens with one attached hydrogen (secondary N) is 1. The Morgan fingerprint density at radius 3 is 2.52 bits per heavy atom. The number of aromatic nitrogens is 3. The van der Waals surface area contributed by atoms with Crippen LogP contribution in [-0.4, -0.2) is 31.8 Å². The van der Waals surface area contributed by atoms with E-state index in [1.807, 2.05) is 6.92 Å². The van der Waals surface area contributed by atoms with Crippen LogP contribution >= 0.6 is 0 Å². The molecule has 0 fully saturated rings. The molecule has 1 unspecified atom stereocenters. The molecule has 166 valence electrons. The first-order valence-electron chi connectivity index (χ1n) is 9.94. The smallest absolute Gasteiger partial charge is 0.295 e. The zero-order valence-electron chi connectivity index (χ0n) is 18.1. The van der Waals surface area contributed by atoms with Crippen molar-refractivity contribution in [2.45, 2.75) is 53.3 Å². The molecule has 2 heterocycles. The maximum absolute atomic E-state index is 14.0. The fourth-order valence-electron chi connectivity index (χ4n) is 2.80. The highest BCUT2D eigenvalue weighted by atomic mass is 19.1. The summed E-state index contributed by atoms with van der Waals surface area (Å²) in [4.78, 5) is 21.8. The molecule has 0 aliphatic carbocycles. The first-order chi connectivity index (χ1) is 14.5. The Morgan fingerprint density at radius 2 is 1.90 bits per heavy atom. The molecule has 0 radical (unpaired) electrons. The number of fused-ring (bicyclic) bond motifs is 1. The average Bonchev–Trinajstić information content (AvgIpc) is 2.66. The van der Waals surface area contributed by atoms with E-state index in [2.05, 4.69) is 36.1 Å². The molecule has 0 bridgehead atoms. The molecule has 2 aromatic heterocycles. The van der Waals surface area contributed by atoms with Gasteiger partial charge in [-0.25, -0.2) is 13.8 Å². The van der Waals surface area contributed by atoms with Gasteiger partial charge in [0, 0.05) is 23.7 Å². The Hall–Kier alpha value is -3.07. The van der Waals surface area contributed by atoms with Gasteiger partial charge in [0.25, 0.3) is 5.56 Å². The molecule has 0 amide bonds. The minimum Gasteiger partial charge on any atom is -0.448 e. The second kappa shape index (κ2) is 8.58. The normalized spacial score (nSPS) is 13.8. The van der Waals surface area contributed by atoms with Gasteiger partial charge >= 0.3 is 0 Å². The van der Waals surface area contributed by atoms with Crippen molar-refractivity contribution in [2.75, 3.05) is 5.32 Å². The van der Waals surface area contributed by atoms with Crippen LogP contribution in [0.3, 0.4) is 0 Å². The largest absolute Gasteiger partial charge is 0.448 e. The van der Waals surface area contributed by atoms with Gasteiger partial charge in [-0.3, -0.25) is 9.36 Å². The number of aliphatic hydroxyl groups excluding tert-OH is 1. The van der Waals surface area contributed by atoms with Crippen LogP contribution in [0.2, 0.25) is 0 Å². The lowest BCUT2D eigenvalue weighted by molar-refractivity contribution is 0.173. The van der Waals surface area contributed by atoms with Crippen LogP contribution in [0, 0.1) is 17.0 Å². The Balaban J connectivity index is 2.09. The van der Waals surface area contributed by atoms with E-state index < -0.39 is 23.3 Å². The lowest BCUT2D eigenvalue weighted by Gasteiger charge is -2.28. The maximum atomic E-state index is 14.0. The van der Waals surface area contributed by atoms with E-state index in [9.17, 15) is 18.7 Å². The van der Waals surface area contributed by atoms with Crippen LogP contribution in [0.15, 0.2) is 35.3 Å². The third-order valence-corrected chi connectivity index (χ3v) is 5.00. The van der Waals surface area contributed by atoms with Gasteiger partial charge in [0.2, 0.25) is 5.95 Å². The molecule has 0 spiro atoms. The van der Waals surface area contributed by atoms with Gasteiger partial charge in [0.1, 0.15) is 11.5 Å². The summed E-state index contributed by atoms with van der Waals surface area (Å²) in [6.07, 6.45) is 0.671. The molecule has 0 saturated heterocycles. The van der Waals surface area contributed by atoms with E-state index in [1.54, 1.807) is 0 Å². The number of pyridine rings is 1. The molecule has 0 aliphatic heterocycles. The predicted molar refractivity (Wildman–Crippen MR) is 114 cm³/mol. The standard InChI is InChI=1S/C22H26F2N4O3/c1-12(29)11-28-19-14(10-25-21(27-19)26-13(2)22(3,4)5)8-18(20(28)30)31-17-7-6-15(23)9-16(17)24/h6-10,12-13,29H,11H2,1-5H3,(H,25,26,27)/t12-,13?/m1/s1. The van der Waals surface area contributed by atoms with E-state index in [-0.39, 0.29) is 29.5 Å². The Kier molecular flexibility index (Phi) is 6.26. The van der Waals surface area contributed by atoms with Crippen molar-refractivity contribution in [3.05, 3.63) is 52.5 Å². The second-order valence-corrected chi connectivity index (χ2v) is 8.65. The van der Waals surface area contributed by atoms with E-state index >= 15 is 0 Å². The van der Waals surface area contributed by atoms with E-state index in [0.29, 0.717) is 23.0 Å². The highest BCUT2D eigenvalue weighted by molar-refractivity contribution is 5.77. The predicted octanol–water partition coefficient (Wildman–Crippen LogP) is 4.09. The summed E-state index contributed by atoms with van der Waals surface area (Å²) in [5.74, 6) is -1.83. The van der Waals surface area contributed by atoms with Gasteiger partial charge in [-0.2, -0.15) is 4.98 Å². The summed E-state index contributed by atoms with van der Waals surface area (Å²) in [6.45, 7) is 9.72. The van der Waals surface area contributed by atoms with Crippen LogP contribution in [0.4, 0.5) is 14.7 Å². The molecule has 31 heavy (non-hydrogen) atoms. The molecule has 2 N–H and O–H groups in total. The van der Waals surface area contributed by atoms with Gasteiger partial charge in [0.05, 0.1) is 12.6 Å². The number of hydrogen-bond donors (Lipinski definition) is 2. The molecule has 1 aromatic carbocycles. The number of anilines is 1. The van der Waals surface area contributed by atoms with Crippen LogP contribution in [0.5, 0.6) is 11.5 Å². The highest BCUT2D eigenvalue weighted by Gasteiger charge is 2.22. The fraction of sp³-hybridized carbons (Fsp3) is 0.409. The van der Waals surface area contributed by atoms with Crippen LogP contribution in [0.25, 0.3) is 11.0 Å². The molecule has 3 rings (SSSR count). The minimum atomic E-state index is -0.937. The number of ether oxygens (including phenoxy) is 1. The van der Waals surface area contributed by atoms with Crippen molar-refractivity contribution >= 4 is 17.0 Å². The Labute approximate surface area is 178 Å². The SMILES string of the molecule is CC(Nc1ncc2cc(Oc3ccc(F)cc3F)c(=O)n(C[C@@H](C)O)c2n1)C(C)(C)C. The molecule has 2 atom stereocenters. The summed E-state index contributed by atoms with van der Waals surface area (Å²) in [5.41, 5.74) is -0.351. The highest BCUT2D eigenvalue weighted by Crippen LogP contribution is 2.26. The second-order valence-electron chi connectivity index (χ2n) is 8.65. The van der Waals surface area contributed by atoms with E-state index in [0.717, 1.165) is 12.1 Å². The molecule has 7 nitrogen and oxygen atoms in total. The third kappa shape index (κ3) is 5.16. The van der Waals surface area contributed by atoms with Crippen molar-refractivity contribution < 1.29 is 18.6 Å². The van der Waals surface area contributed by atoms with Gasteiger partial charge in [0.15, 0.2) is 17.3 Å². The molecule has 0 aliphatic rings. The van der Waals surface area contributed by atoms with Crippen molar-refractivity contribution in [1.29, 1.82) is 0 Å². The number of benzene rings is 1. The molecular weight excluding hydrogens is 406 g/mol. The Bertz CT molecular complexity index is 1160. The summed E-state index contributed by atoms with van der Waals surface area (Å²) in [7, 11) is 0. The van der Waals surface area contributed by atoms with Crippen molar-refractivity contribution in [2.24, 2.45) is 5.41 Å². The first kappa shape index (κ1) is 22.6. The lowest BCUT2D eigenvalue weighted by atomic mass is 9.88. The maximum Gasteiger partial charge on any atom is 0.295 e. The summed E-state index contributed by atoms with van der Waals surface area (Å²) < 4.78 is 33.9. The van der Waals surface area contributed by atoms with Gasteiger partial charge in [-0.15, -0.1) is 0 Å². The molecular formula is C22H26F2N4O3. The summed E-state index contributed by atoms with van der Waals surface area (Å²) >= 11 is 0. The zero-order valence-corrected chi connectivity index (χ0v) is 18.1. The lowest BCUT2D eigenvalue weighted by Crippen LogP contribution is -2.32. The number of nitrogens with zero attached hydrogens (tertiary/aromatic N) is 3. The minimum absolute atomic E-state index is 0.0471. The number of rotatable bonds is 6. The van der Waals surface area contributed by atoms with E-state index in [4.69, 9.17) is 4.74 Å². The fourth-order valence-corrected chi connectivity index (χ4v) is 2.80. The molecule has 0 saturated carbocycles. The quantitative estimate of drug-likeness (QED) is 0.610. The van der Waals surface area contributed by atoms with Crippen LogP contribution < -0.4 is 15.6 Å². The topological polar surface area (TPSA) is 89.3 Å². The van der Waals surface area contributed by atoms with Gasteiger partial charge in [-0.1, -0.05) is 20.8 Å². The van der Waals surface area contributed by atoms with Crippen molar-refractivity contribution in [3.63, 3.8) is 0 Å².